The quantitative estimate of drug-likeness (QED) is 0.825. The van der Waals surface area contributed by atoms with Crippen molar-refractivity contribution in [1.82, 2.24) is 15.3 Å². The average molecular weight is 323 g/mol. The van der Waals surface area contributed by atoms with Crippen LogP contribution in [-0.4, -0.2) is 28.1 Å². The molecule has 0 radical (unpaired) electrons. The number of H-pyrrole nitrogens is 1. The Morgan fingerprint density at radius 1 is 1.36 bits per heavy atom. The van der Waals surface area contributed by atoms with Crippen molar-refractivity contribution in [3.05, 3.63) is 26.6 Å². The van der Waals surface area contributed by atoms with Crippen LogP contribution in [0.4, 0.5) is 0 Å². The maximum Gasteiger partial charge on any atom is 0.348 e. The van der Waals surface area contributed by atoms with Gasteiger partial charge in [0, 0.05) is 6.04 Å². The lowest BCUT2D eigenvalue weighted by Gasteiger charge is -2.06. The predicted molar refractivity (Wildman–Crippen MR) is 87.5 cm³/mol. The molecule has 6 nitrogen and oxygen atoms in total. The third-order valence-corrected chi connectivity index (χ3v) is 4.22. The second-order valence-electron chi connectivity index (χ2n) is 5.74. The smallest absolute Gasteiger partial charge is 0.348 e. The van der Waals surface area contributed by atoms with Gasteiger partial charge >= 0.3 is 5.97 Å². The SMILES string of the molecule is Cc1c(C(=O)OC(C)C)sc2nc(CNC(C)C)[nH]c(=O)c12. The Bertz CT molecular complexity index is 746. The van der Waals surface area contributed by atoms with Gasteiger partial charge in [-0.3, -0.25) is 4.79 Å². The van der Waals surface area contributed by atoms with Crippen LogP contribution in [0.2, 0.25) is 0 Å². The highest BCUT2D eigenvalue weighted by molar-refractivity contribution is 7.20. The van der Waals surface area contributed by atoms with Gasteiger partial charge in [-0.25, -0.2) is 9.78 Å². The van der Waals surface area contributed by atoms with Gasteiger partial charge in [-0.05, 0) is 26.3 Å². The fraction of sp³-hybridized carbons (Fsp3) is 0.533. The average Bonchev–Trinajstić information content (AvgIpc) is 2.73. The maximum absolute atomic E-state index is 12.3. The Hall–Kier alpha value is -1.73. The Morgan fingerprint density at radius 2 is 2.05 bits per heavy atom. The Morgan fingerprint density at radius 3 is 2.64 bits per heavy atom. The second-order valence-corrected chi connectivity index (χ2v) is 6.74. The van der Waals surface area contributed by atoms with E-state index in [0.29, 0.717) is 39.1 Å². The van der Waals surface area contributed by atoms with Crippen molar-refractivity contribution < 1.29 is 9.53 Å². The lowest BCUT2D eigenvalue weighted by Crippen LogP contribution is -2.25. The van der Waals surface area contributed by atoms with E-state index in [4.69, 9.17) is 4.74 Å². The van der Waals surface area contributed by atoms with E-state index in [1.807, 2.05) is 13.8 Å². The van der Waals surface area contributed by atoms with Gasteiger partial charge in [0.05, 0.1) is 18.0 Å². The van der Waals surface area contributed by atoms with Crippen molar-refractivity contribution in [2.24, 2.45) is 0 Å². The molecule has 2 rings (SSSR count). The molecule has 0 spiro atoms. The summed E-state index contributed by atoms with van der Waals surface area (Å²) >= 11 is 1.20. The number of nitrogens with one attached hydrogen (secondary N) is 2. The summed E-state index contributed by atoms with van der Waals surface area (Å²) in [6.45, 7) is 9.85. The van der Waals surface area contributed by atoms with Crippen LogP contribution in [0.25, 0.3) is 10.2 Å². The normalized spacial score (nSPS) is 11.6. The van der Waals surface area contributed by atoms with Gasteiger partial charge in [0.15, 0.2) is 0 Å². The molecule has 2 N–H and O–H groups in total. The molecule has 2 aromatic rings. The Balaban J connectivity index is 2.43. The molecule has 0 aliphatic rings. The molecule has 2 aromatic heterocycles. The number of hydrogen-bond donors (Lipinski definition) is 2. The molecule has 0 atom stereocenters. The highest BCUT2D eigenvalue weighted by Crippen LogP contribution is 2.27. The summed E-state index contributed by atoms with van der Waals surface area (Å²) in [5.74, 6) is 0.160. The Kier molecular flexibility index (Phi) is 4.97. The summed E-state index contributed by atoms with van der Waals surface area (Å²) in [6, 6.07) is 0.294. The number of aromatic amines is 1. The predicted octanol–water partition coefficient (Wildman–Crippen LogP) is 2.36. The van der Waals surface area contributed by atoms with Crippen LogP contribution in [-0.2, 0) is 11.3 Å². The lowest BCUT2D eigenvalue weighted by molar-refractivity contribution is 0.0383. The van der Waals surface area contributed by atoms with E-state index in [1.165, 1.54) is 11.3 Å². The summed E-state index contributed by atoms with van der Waals surface area (Å²) in [5.41, 5.74) is 0.408. The minimum atomic E-state index is -0.406. The van der Waals surface area contributed by atoms with E-state index in [9.17, 15) is 9.59 Å². The molecule has 2 heterocycles. The fourth-order valence-corrected chi connectivity index (χ4v) is 3.12. The van der Waals surface area contributed by atoms with Crippen molar-refractivity contribution in [1.29, 1.82) is 0 Å². The third kappa shape index (κ3) is 3.53. The second kappa shape index (κ2) is 6.58. The van der Waals surface area contributed by atoms with Crippen LogP contribution in [0.1, 0.15) is 48.8 Å². The zero-order chi connectivity index (χ0) is 16.4. The number of ether oxygens (including phenoxy) is 1. The zero-order valence-electron chi connectivity index (χ0n) is 13.4. The lowest BCUT2D eigenvalue weighted by atomic mass is 10.2. The van der Waals surface area contributed by atoms with Crippen LogP contribution in [0.5, 0.6) is 0 Å². The molecule has 0 aliphatic heterocycles. The van der Waals surface area contributed by atoms with E-state index in [0.717, 1.165) is 0 Å². The van der Waals surface area contributed by atoms with Gasteiger partial charge in [0.2, 0.25) is 0 Å². The highest BCUT2D eigenvalue weighted by atomic mass is 32.1. The minimum absolute atomic E-state index is 0.200. The number of aryl methyl sites for hydroxylation is 1. The highest BCUT2D eigenvalue weighted by Gasteiger charge is 2.21. The first-order chi connectivity index (χ1) is 10.3. The molecule has 0 amide bonds. The largest absolute Gasteiger partial charge is 0.459 e. The van der Waals surface area contributed by atoms with Crippen molar-refractivity contribution in [3.8, 4) is 0 Å². The van der Waals surface area contributed by atoms with Gasteiger partial charge in [0.25, 0.3) is 5.56 Å². The summed E-state index contributed by atoms with van der Waals surface area (Å²) in [4.78, 5) is 32.6. The molecule has 0 saturated heterocycles. The first kappa shape index (κ1) is 16.6. The molecule has 0 aromatic carbocycles. The maximum atomic E-state index is 12.3. The number of carbonyl (C=O) groups is 1. The summed E-state index contributed by atoms with van der Waals surface area (Å²) < 4.78 is 5.21. The molecule has 7 heteroatoms. The molecule has 0 bridgehead atoms. The van der Waals surface area contributed by atoms with E-state index in [2.05, 4.69) is 15.3 Å². The number of aromatic nitrogens is 2. The van der Waals surface area contributed by atoms with Gasteiger partial charge < -0.3 is 15.0 Å². The van der Waals surface area contributed by atoms with Crippen LogP contribution >= 0.6 is 11.3 Å². The van der Waals surface area contributed by atoms with E-state index in [-0.39, 0.29) is 11.7 Å². The number of rotatable bonds is 5. The Labute approximate surface area is 132 Å². The monoisotopic (exact) mass is 323 g/mol. The first-order valence-corrected chi connectivity index (χ1v) is 8.08. The number of nitrogens with zero attached hydrogens (tertiary/aromatic N) is 1. The van der Waals surface area contributed by atoms with E-state index in [1.54, 1.807) is 20.8 Å². The van der Waals surface area contributed by atoms with Crippen LogP contribution in [0.3, 0.4) is 0 Å². The molecular weight excluding hydrogens is 302 g/mol. The van der Waals surface area contributed by atoms with Gasteiger partial charge in [-0.15, -0.1) is 11.3 Å². The van der Waals surface area contributed by atoms with Crippen LogP contribution in [0.15, 0.2) is 4.79 Å². The van der Waals surface area contributed by atoms with Crippen molar-refractivity contribution >= 4 is 27.5 Å². The topological polar surface area (TPSA) is 84.1 Å². The zero-order valence-corrected chi connectivity index (χ0v) is 14.3. The molecular formula is C15H21N3O3S. The molecule has 0 aliphatic carbocycles. The van der Waals surface area contributed by atoms with E-state index >= 15 is 0 Å². The minimum Gasteiger partial charge on any atom is -0.459 e. The van der Waals surface area contributed by atoms with Crippen molar-refractivity contribution in [3.63, 3.8) is 0 Å². The first-order valence-electron chi connectivity index (χ1n) is 7.26. The van der Waals surface area contributed by atoms with Crippen LogP contribution < -0.4 is 10.9 Å². The summed E-state index contributed by atoms with van der Waals surface area (Å²) in [7, 11) is 0. The van der Waals surface area contributed by atoms with Gasteiger partial charge in [-0.1, -0.05) is 13.8 Å². The summed E-state index contributed by atoms with van der Waals surface area (Å²) in [6.07, 6.45) is -0.200. The number of carbonyl (C=O) groups excluding carboxylic acids is 1. The summed E-state index contributed by atoms with van der Waals surface area (Å²) in [5, 5.41) is 3.67. The number of fused-ring (bicyclic) bond motifs is 1. The molecule has 0 fully saturated rings. The number of hydrogen-bond acceptors (Lipinski definition) is 6. The van der Waals surface area contributed by atoms with Gasteiger partial charge in [-0.2, -0.15) is 0 Å². The van der Waals surface area contributed by atoms with Gasteiger partial charge in [0.1, 0.15) is 15.5 Å². The molecule has 0 saturated carbocycles. The number of thiophene rings is 1. The fourth-order valence-electron chi connectivity index (χ4n) is 2.04. The molecule has 120 valence electrons. The molecule has 22 heavy (non-hydrogen) atoms. The van der Waals surface area contributed by atoms with E-state index < -0.39 is 5.97 Å². The standard InChI is InChI=1S/C15H21N3O3S/c1-7(2)16-6-10-17-13(19)11-9(5)12(22-14(11)18-10)15(20)21-8(3)4/h7-8,16H,6H2,1-5H3,(H,17,18,19). The van der Waals surface area contributed by atoms with Crippen molar-refractivity contribution in [2.45, 2.75) is 53.3 Å². The number of esters is 1. The molecule has 0 unspecified atom stereocenters. The van der Waals surface area contributed by atoms with Crippen molar-refractivity contribution in [2.75, 3.05) is 0 Å². The van der Waals surface area contributed by atoms with Crippen LogP contribution in [0, 0.1) is 6.92 Å². The third-order valence-electron chi connectivity index (χ3n) is 3.06.